The maximum atomic E-state index is 11.0. The first-order valence-electron chi connectivity index (χ1n) is 7.20. The van der Waals surface area contributed by atoms with E-state index in [0.29, 0.717) is 5.92 Å². The van der Waals surface area contributed by atoms with Crippen LogP contribution in [0.5, 0.6) is 0 Å². The lowest BCUT2D eigenvalue weighted by molar-refractivity contribution is -0.385. The van der Waals surface area contributed by atoms with Crippen LogP contribution in [0.3, 0.4) is 0 Å². The number of rotatable bonds is 4. The van der Waals surface area contributed by atoms with E-state index < -0.39 is 0 Å². The van der Waals surface area contributed by atoms with Gasteiger partial charge in [-0.2, -0.15) is 0 Å². The lowest BCUT2D eigenvalue weighted by Gasteiger charge is -2.34. The fourth-order valence-electron chi connectivity index (χ4n) is 2.94. The molecule has 2 atom stereocenters. The van der Waals surface area contributed by atoms with Crippen molar-refractivity contribution in [3.05, 3.63) is 39.4 Å². The van der Waals surface area contributed by atoms with Gasteiger partial charge in [-0.25, -0.2) is 0 Å². The van der Waals surface area contributed by atoms with E-state index in [1.54, 1.807) is 12.1 Å². The molecule has 1 fully saturated rings. The van der Waals surface area contributed by atoms with Gasteiger partial charge in [0.05, 0.1) is 4.92 Å². The molecule has 1 aromatic rings. The van der Waals surface area contributed by atoms with Crippen LogP contribution in [-0.4, -0.2) is 29.0 Å². The van der Waals surface area contributed by atoms with Crippen molar-refractivity contribution in [2.24, 2.45) is 11.7 Å². The maximum Gasteiger partial charge on any atom is 0.272 e. The number of nitrogens with zero attached hydrogens (tertiary/aromatic N) is 2. The molecule has 5 nitrogen and oxygen atoms in total. The van der Waals surface area contributed by atoms with Crippen LogP contribution in [0.4, 0.5) is 5.69 Å². The van der Waals surface area contributed by atoms with Gasteiger partial charge in [0.25, 0.3) is 5.69 Å². The van der Waals surface area contributed by atoms with Gasteiger partial charge in [0.2, 0.25) is 0 Å². The summed E-state index contributed by atoms with van der Waals surface area (Å²) in [7, 11) is 0. The van der Waals surface area contributed by atoms with Crippen molar-refractivity contribution >= 4 is 18.1 Å². The number of hydrogen-bond donors (Lipinski definition) is 1. The number of piperidine rings is 1. The second-order valence-corrected chi connectivity index (χ2v) is 5.81. The predicted molar refractivity (Wildman–Crippen MR) is 86.7 cm³/mol. The van der Waals surface area contributed by atoms with Gasteiger partial charge in [0.1, 0.15) is 0 Å². The molecule has 0 spiro atoms. The molecule has 1 aliphatic rings. The van der Waals surface area contributed by atoms with Crippen LogP contribution in [0.15, 0.2) is 18.2 Å². The smallest absolute Gasteiger partial charge is 0.272 e. The molecule has 0 amide bonds. The monoisotopic (exact) mass is 313 g/mol. The average molecular weight is 314 g/mol. The van der Waals surface area contributed by atoms with Gasteiger partial charge < -0.3 is 5.73 Å². The molecule has 1 aliphatic heterocycles. The first-order valence-corrected chi connectivity index (χ1v) is 7.20. The molecular formula is C15H24ClN3O2. The van der Waals surface area contributed by atoms with Crippen LogP contribution in [0.2, 0.25) is 0 Å². The summed E-state index contributed by atoms with van der Waals surface area (Å²) in [5, 5.41) is 11.0. The first-order chi connectivity index (χ1) is 9.49. The van der Waals surface area contributed by atoms with Crippen molar-refractivity contribution < 1.29 is 4.92 Å². The molecule has 118 valence electrons. The number of nitrogens with two attached hydrogens (primary N) is 1. The fraction of sp³-hybridized carbons (Fsp3) is 0.600. The Hall–Kier alpha value is -1.17. The van der Waals surface area contributed by atoms with Gasteiger partial charge in [0, 0.05) is 30.8 Å². The van der Waals surface area contributed by atoms with E-state index in [4.69, 9.17) is 5.73 Å². The molecule has 0 aliphatic carbocycles. The highest BCUT2D eigenvalue weighted by atomic mass is 35.5. The van der Waals surface area contributed by atoms with Crippen LogP contribution in [0, 0.1) is 23.0 Å². The van der Waals surface area contributed by atoms with Crippen LogP contribution >= 0.6 is 12.4 Å². The van der Waals surface area contributed by atoms with Crippen molar-refractivity contribution in [1.29, 1.82) is 0 Å². The molecular weight excluding hydrogens is 290 g/mol. The van der Waals surface area contributed by atoms with Crippen LogP contribution in [0.1, 0.15) is 30.9 Å². The van der Waals surface area contributed by atoms with Gasteiger partial charge in [0.15, 0.2) is 0 Å². The standard InChI is InChI=1S/C15H23N3O2.ClH/c1-11-13(5-3-7-15(11)18(19)20)9-17-8-4-6-14(10-17)12(2)16;/h3,5,7,12,14H,4,6,8-10,16H2,1-2H3;1H. The number of halogens is 1. The molecule has 21 heavy (non-hydrogen) atoms. The van der Waals surface area contributed by atoms with Gasteiger partial charge in [-0.3, -0.25) is 15.0 Å². The molecule has 0 radical (unpaired) electrons. The summed E-state index contributed by atoms with van der Waals surface area (Å²) >= 11 is 0. The minimum Gasteiger partial charge on any atom is -0.328 e. The minimum atomic E-state index is -0.306. The van der Waals surface area contributed by atoms with Gasteiger partial charge in [-0.15, -0.1) is 12.4 Å². The third-order valence-electron chi connectivity index (χ3n) is 4.29. The highest BCUT2D eigenvalue weighted by molar-refractivity contribution is 5.85. The summed E-state index contributed by atoms with van der Waals surface area (Å²) in [6.07, 6.45) is 2.34. The average Bonchev–Trinajstić information content (AvgIpc) is 2.41. The zero-order valence-corrected chi connectivity index (χ0v) is 13.4. The van der Waals surface area contributed by atoms with Gasteiger partial charge >= 0.3 is 0 Å². The van der Waals surface area contributed by atoms with E-state index in [-0.39, 0.29) is 29.1 Å². The molecule has 0 saturated carbocycles. The Morgan fingerprint density at radius 1 is 1.52 bits per heavy atom. The Labute approximate surface area is 132 Å². The van der Waals surface area contributed by atoms with Crippen LogP contribution < -0.4 is 5.73 Å². The van der Waals surface area contributed by atoms with Crippen molar-refractivity contribution in [1.82, 2.24) is 4.90 Å². The van der Waals surface area contributed by atoms with Crippen molar-refractivity contribution in [2.45, 2.75) is 39.3 Å². The van der Waals surface area contributed by atoms with Crippen molar-refractivity contribution in [3.8, 4) is 0 Å². The molecule has 2 N–H and O–H groups in total. The molecule has 1 aromatic carbocycles. The highest BCUT2D eigenvalue weighted by Gasteiger charge is 2.23. The SMILES string of the molecule is Cc1c(CN2CCCC(C(C)N)C2)cccc1[N+](=O)[O-].Cl. The predicted octanol–water partition coefficient (Wildman–Crippen LogP) is 2.88. The zero-order valence-electron chi connectivity index (χ0n) is 12.6. The number of nitro benzene ring substituents is 1. The van der Waals surface area contributed by atoms with E-state index in [9.17, 15) is 10.1 Å². The molecule has 0 aromatic heterocycles. The van der Waals surface area contributed by atoms with Crippen LogP contribution in [0.25, 0.3) is 0 Å². The Kier molecular flexibility index (Phi) is 6.58. The summed E-state index contributed by atoms with van der Waals surface area (Å²) in [6.45, 7) is 6.70. The molecule has 2 unspecified atom stereocenters. The minimum absolute atomic E-state index is 0. The third-order valence-corrected chi connectivity index (χ3v) is 4.29. The number of hydrogen-bond acceptors (Lipinski definition) is 4. The van der Waals surface area contributed by atoms with Crippen LogP contribution in [-0.2, 0) is 6.54 Å². The summed E-state index contributed by atoms with van der Waals surface area (Å²) in [4.78, 5) is 13.0. The normalized spacial score (nSPS) is 20.6. The van der Waals surface area contributed by atoms with E-state index in [1.165, 1.54) is 6.42 Å². The fourth-order valence-corrected chi connectivity index (χ4v) is 2.94. The summed E-state index contributed by atoms with van der Waals surface area (Å²) in [5.41, 5.74) is 8.04. The Balaban J connectivity index is 0.00000220. The summed E-state index contributed by atoms with van der Waals surface area (Å²) in [5.74, 6) is 0.530. The highest BCUT2D eigenvalue weighted by Crippen LogP contribution is 2.25. The molecule has 1 saturated heterocycles. The number of nitro groups is 1. The summed E-state index contributed by atoms with van der Waals surface area (Å²) in [6, 6.07) is 5.54. The van der Waals surface area contributed by atoms with E-state index in [0.717, 1.165) is 37.2 Å². The Morgan fingerprint density at radius 2 is 2.24 bits per heavy atom. The lowest BCUT2D eigenvalue weighted by Crippen LogP contribution is -2.42. The molecule has 0 bridgehead atoms. The second-order valence-electron chi connectivity index (χ2n) is 5.81. The molecule has 1 heterocycles. The molecule has 6 heteroatoms. The van der Waals surface area contributed by atoms with E-state index >= 15 is 0 Å². The van der Waals surface area contributed by atoms with Gasteiger partial charge in [-0.1, -0.05) is 12.1 Å². The third kappa shape index (κ3) is 4.40. The van der Waals surface area contributed by atoms with E-state index in [1.807, 2.05) is 13.0 Å². The topological polar surface area (TPSA) is 72.4 Å². The number of benzene rings is 1. The zero-order chi connectivity index (χ0) is 14.7. The summed E-state index contributed by atoms with van der Waals surface area (Å²) < 4.78 is 0. The van der Waals surface area contributed by atoms with Gasteiger partial charge in [-0.05, 0) is 44.7 Å². The Morgan fingerprint density at radius 3 is 2.86 bits per heavy atom. The lowest BCUT2D eigenvalue weighted by atomic mass is 9.91. The van der Waals surface area contributed by atoms with Crippen molar-refractivity contribution in [2.75, 3.05) is 13.1 Å². The first kappa shape index (κ1) is 17.9. The molecule has 2 rings (SSSR count). The quantitative estimate of drug-likeness (QED) is 0.685. The Bertz CT molecular complexity index is 494. The van der Waals surface area contributed by atoms with Crippen molar-refractivity contribution in [3.63, 3.8) is 0 Å². The second kappa shape index (κ2) is 7.73. The van der Waals surface area contributed by atoms with E-state index in [2.05, 4.69) is 11.8 Å². The maximum absolute atomic E-state index is 11.0. The largest absolute Gasteiger partial charge is 0.328 e. The number of likely N-dealkylation sites (tertiary alicyclic amines) is 1.